The summed E-state index contributed by atoms with van der Waals surface area (Å²) in [5.41, 5.74) is 16.2. The maximum atomic E-state index is 7.05. The average Bonchev–Trinajstić information content (AvgIpc) is 4.06. The molecule has 0 unspecified atom stereocenters. The lowest BCUT2D eigenvalue weighted by atomic mass is 9.68. The van der Waals surface area contributed by atoms with Crippen LogP contribution in [0.15, 0.2) is 239 Å². The van der Waals surface area contributed by atoms with Crippen molar-refractivity contribution in [2.45, 2.75) is 5.41 Å². The van der Waals surface area contributed by atoms with Crippen molar-refractivity contribution in [3.8, 4) is 33.7 Å². The van der Waals surface area contributed by atoms with E-state index >= 15 is 0 Å². The van der Waals surface area contributed by atoms with Gasteiger partial charge in [-0.15, -0.1) is 0 Å². The van der Waals surface area contributed by atoms with Gasteiger partial charge in [-0.05, 0) is 98.2 Å². The van der Waals surface area contributed by atoms with E-state index in [9.17, 15) is 0 Å². The van der Waals surface area contributed by atoms with Crippen LogP contribution in [0, 0.1) is 0 Å². The first kappa shape index (κ1) is 36.2. The number of furan rings is 1. The smallest absolute Gasteiger partial charge is 0.231 e. The molecule has 10 aromatic carbocycles. The van der Waals surface area contributed by atoms with Crippen molar-refractivity contribution in [1.29, 1.82) is 0 Å². The van der Waals surface area contributed by atoms with Gasteiger partial charge in [-0.1, -0.05) is 176 Å². The number of rotatable bonds is 7. The SMILES string of the molecule is c1ccc(-c2ccc(N(c3ccc4c(c3)oc3c(-c5nc6ccccc6o5)cc5ccccc5c34)c3cccc4c3-c3ccccc3C4(c3ccccc3)c3ccccc3)cc2)cc1. The number of benzene rings is 10. The fourth-order valence-corrected chi connectivity index (χ4v) is 10.4. The predicted molar refractivity (Wildman–Crippen MR) is 262 cm³/mol. The second-order valence-electron chi connectivity index (χ2n) is 16.6. The van der Waals surface area contributed by atoms with Gasteiger partial charge in [0, 0.05) is 33.8 Å². The molecule has 13 rings (SSSR count). The lowest BCUT2D eigenvalue weighted by Gasteiger charge is -2.34. The fourth-order valence-electron chi connectivity index (χ4n) is 10.4. The zero-order chi connectivity index (χ0) is 42.2. The number of fused-ring (bicyclic) bond motifs is 9. The second-order valence-corrected chi connectivity index (χ2v) is 16.6. The van der Waals surface area contributed by atoms with Crippen LogP contribution < -0.4 is 4.90 Å². The molecule has 0 saturated carbocycles. The van der Waals surface area contributed by atoms with Crippen molar-refractivity contribution < 1.29 is 8.83 Å². The Kier molecular flexibility index (Phi) is 8.09. The highest BCUT2D eigenvalue weighted by atomic mass is 16.4. The molecule has 300 valence electrons. The number of hydrogen-bond donors (Lipinski definition) is 0. The number of para-hydroxylation sites is 2. The maximum Gasteiger partial charge on any atom is 0.231 e. The van der Waals surface area contributed by atoms with E-state index in [0.29, 0.717) is 5.89 Å². The van der Waals surface area contributed by atoms with Crippen molar-refractivity contribution >= 4 is 60.9 Å². The molecule has 64 heavy (non-hydrogen) atoms. The molecule has 0 bridgehead atoms. The van der Waals surface area contributed by atoms with E-state index in [1.165, 1.54) is 38.9 Å². The molecule has 2 heterocycles. The number of hydrogen-bond acceptors (Lipinski definition) is 4. The summed E-state index contributed by atoms with van der Waals surface area (Å²) in [6.07, 6.45) is 0. The van der Waals surface area contributed by atoms with E-state index in [0.717, 1.165) is 72.0 Å². The molecule has 0 N–H and O–H groups in total. The predicted octanol–water partition coefficient (Wildman–Crippen LogP) is 16.0. The third-order valence-corrected chi connectivity index (χ3v) is 13.2. The standard InChI is InChI=1S/C60H38N2O2/c1-4-17-39(18-5-1)40-31-33-44(34-32-40)62(53-29-16-27-51-57(53)47-25-12-13-26-50(47)60(51,42-20-6-2-7-21-42)43-22-8-3-9-23-43)45-35-36-48-55(38-45)63-58-49(37-41-19-10-11-24-46(41)56(48)58)59-61-52-28-14-15-30-54(52)64-59/h1-38H. The van der Waals surface area contributed by atoms with Gasteiger partial charge in [0.2, 0.25) is 5.89 Å². The average molecular weight is 819 g/mol. The Morgan fingerprint density at radius 1 is 0.422 bits per heavy atom. The molecule has 0 saturated heterocycles. The Bertz CT molecular complexity index is 3650. The molecular weight excluding hydrogens is 781 g/mol. The lowest BCUT2D eigenvalue weighted by Crippen LogP contribution is -2.28. The molecule has 0 atom stereocenters. The van der Waals surface area contributed by atoms with Crippen LogP contribution in [0.3, 0.4) is 0 Å². The summed E-state index contributed by atoms with van der Waals surface area (Å²) in [6, 6.07) is 82.4. The van der Waals surface area contributed by atoms with Gasteiger partial charge in [0.05, 0.1) is 16.7 Å². The molecule has 2 aromatic heterocycles. The van der Waals surface area contributed by atoms with Crippen LogP contribution in [0.2, 0.25) is 0 Å². The van der Waals surface area contributed by atoms with Gasteiger partial charge < -0.3 is 13.7 Å². The Morgan fingerprint density at radius 2 is 1.06 bits per heavy atom. The van der Waals surface area contributed by atoms with E-state index in [1.54, 1.807) is 0 Å². The highest BCUT2D eigenvalue weighted by molar-refractivity contribution is 6.22. The highest BCUT2D eigenvalue weighted by Gasteiger charge is 2.47. The van der Waals surface area contributed by atoms with Crippen LogP contribution in [0.25, 0.3) is 77.5 Å². The summed E-state index contributed by atoms with van der Waals surface area (Å²) in [5.74, 6) is 0.537. The Labute approximate surface area is 369 Å². The Hall–Kier alpha value is -8.47. The minimum absolute atomic E-state index is 0.537. The van der Waals surface area contributed by atoms with Crippen molar-refractivity contribution in [2.75, 3.05) is 4.90 Å². The van der Waals surface area contributed by atoms with Crippen LogP contribution in [0.1, 0.15) is 22.3 Å². The molecule has 0 aliphatic heterocycles. The number of oxazole rings is 1. The van der Waals surface area contributed by atoms with Gasteiger partial charge in [-0.3, -0.25) is 0 Å². The van der Waals surface area contributed by atoms with Gasteiger partial charge in [0.15, 0.2) is 5.58 Å². The summed E-state index contributed by atoms with van der Waals surface area (Å²) >= 11 is 0. The van der Waals surface area contributed by atoms with E-state index in [4.69, 9.17) is 13.8 Å². The summed E-state index contributed by atoms with van der Waals surface area (Å²) < 4.78 is 13.5. The van der Waals surface area contributed by atoms with Gasteiger partial charge >= 0.3 is 0 Å². The molecule has 12 aromatic rings. The molecule has 0 amide bonds. The zero-order valence-electron chi connectivity index (χ0n) is 34.7. The zero-order valence-corrected chi connectivity index (χ0v) is 34.7. The summed E-state index contributed by atoms with van der Waals surface area (Å²) in [7, 11) is 0. The van der Waals surface area contributed by atoms with Crippen LogP contribution in [-0.2, 0) is 5.41 Å². The molecule has 1 aliphatic carbocycles. The Morgan fingerprint density at radius 3 is 1.84 bits per heavy atom. The Balaban J connectivity index is 1.07. The second kappa shape index (κ2) is 14.3. The largest absolute Gasteiger partial charge is 0.455 e. The van der Waals surface area contributed by atoms with Crippen molar-refractivity contribution in [2.24, 2.45) is 0 Å². The van der Waals surface area contributed by atoms with Crippen molar-refractivity contribution in [3.63, 3.8) is 0 Å². The first-order valence-electron chi connectivity index (χ1n) is 21.8. The van der Waals surface area contributed by atoms with Crippen molar-refractivity contribution in [3.05, 3.63) is 253 Å². The van der Waals surface area contributed by atoms with Crippen LogP contribution >= 0.6 is 0 Å². The molecule has 0 fully saturated rings. The molecular formula is C60H38N2O2. The van der Waals surface area contributed by atoms with E-state index < -0.39 is 5.41 Å². The first-order chi connectivity index (χ1) is 31.7. The van der Waals surface area contributed by atoms with E-state index in [-0.39, 0.29) is 0 Å². The number of aromatic nitrogens is 1. The van der Waals surface area contributed by atoms with Gasteiger partial charge in [0.1, 0.15) is 16.7 Å². The normalized spacial score (nSPS) is 12.8. The fraction of sp³-hybridized carbons (Fsp3) is 0.0167. The maximum absolute atomic E-state index is 7.05. The molecule has 0 spiro atoms. The van der Waals surface area contributed by atoms with E-state index in [2.05, 4.69) is 211 Å². The number of nitrogens with zero attached hydrogens (tertiary/aromatic N) is 2. The van der Waals surface area contributed by atoms with Crippen LogP contribution in [-0.4, -0.2) is 4.98 Å². The summed E-state index contributed by atoms with van der Waals surface area (Å²) in [4.78, 5) is 7.34. The van der Waals surface area contributed by atoms with Gasteiger partial charge in [-0.25, -0.2) is 4.98 Å². The third-order valence-electron chi connectivity index (χ3n) is 13.2. The first-order valence-corrected chi connectivity index (χ1v) is 21.8. The summed E-state index contributed by atoms with van der Waals surface area (Å²) in [5, 5.41) is 4.29. The minimum Gasteiger partial charge on any atom is -0.455 e. The van der Waals surface area contributed by atoms with Gasteiger partial charge in [-0.2, -0.15) is 0 Å². The molecule has 1 aliphatic rings. The van der Waals surface area contributed by atoms with Crippen molar-refractivity contribution in [1.82, 2.24) is 4.98 Å². The molecule has 4 nitrogen and oxygen atoms in total. The van der Waals surface area contributed by atoms with Crippen LogP contribution in [0.4, 0.5) is 17.1 Å². The minimum atomic E-state index is -0.544. The topological polar surface area (TPSA) is 42.4 Å². The lowest BCUT2D eigenvalue weighted by molar-refractivity contribution is 0.615. The van der Waals surface area contributed by atoms with Crippen LogP contribution in [0.5, 0.6) is 0 Å². The quantitative estimate of drug-likeness (QED) is 0.161. The van der Waals surface area contributed by atoms with E-state index in [1.807, 2.05) is 24.3 Å². The third kappa shape index (κ3) is 5.39. The van der Waals surface area contributed by atoms with Gasteiger partial charge in [0.25, 0.3) is 0 Å². The molecule has 4 heteroatoms. The molecule has 0 radical (unpaired) electrons. The summed E-state index contributed by atoms with van der Waals surface area (Å²) in [6.45, 7) is 0. The highest BCUT2D eigenvalue weighted by Crippen LogP contribution is 2.59. The number of anilines is 3. The monoisotopic (exact) mass is 818 g/mol.